The third kappa shape index (κ3) is 4.23. The molecule has 4 heteroatoms. The number of rotatable bonds is 8. The highest BCUT2D eigenvalue weighted by Crippen LogP contribution is 2.22. The zero-order valence-electron chi connectivity index (χ0n) is 15.9. The second kappa shape index (κ2) is 9.47. The highest BCUT2D eigenvalue weighted by molar-refractivity contribution is 7.07. The maximum absolute atomic E-state index is 13.9. The van der Waals surface area contributed by atoms with Crippen LogP contribution in [0.5, 0.6) is 0 Å². The highest BCUT2D eigenvalue weighted by Gasteiger charge is 2.44. The van der Waals surface area contributed by atoms with Gasteiger partial charge in [0, 0.05) is 6.42 Å². The molecule has 0 amide bonds. The number of benzene rings is 3. The third-order valence-electron chi connectivity index (χ3n) is 4.79. The molecule has 0 radical (unpaired) electrons. The maximum atomic E-state index is 13.9. The molecule has 28 heavy (non-hydrogen) atoms. The fourth-order valence-corrected chi connectivity index (χ4v) is 7.29. The van der Waals surface area contributed by atoms with Crippen molar-refractivity contribution in [3.63, 3.8) is 0 Å². The van der Waals surface area contributed by atoms with Gasteiger partial charge in [-0.15, -0.1) is 0 Å². The number of unbranched alkanes of at least 4 members (excludes halogenated alkanes) is 1. The standard InChI is InChI=1S/C24H24F2OSi/c1-2-3-19-23(24(25)26)27-28(20-13-7-4-8-14-20,21-15-9-5-10-16-21)22-17-11-6-12-18-22/h4-18H,2-3,19H2,1H3. The Labute approximate surface area is 166 Å². The monoisotopic (exact) mass is 394 g/mol. The molecule has 0 saturated heterocycles. The van der Waals surface area contributed by atoms with Crippen LogP contribution in [0.3, 0.4) is 0 Å². The van der Waals surface area contributed by atoms with Gasteiger partial charge in [0.1, 0.15) is 5.76 Å². The van der Waals surface area contributed by atoms with Crippen molar-refractivity contribution in [2.24, 2.45) is 0 Å². The van der Waals surface area contributed by atoms with Crippen LogP contribution in [-0.2, 0) is 4.43 Å². The average molecular weight is 395 g/mol. The van der Waals surface area contributed by atoms with Gasteiger partial charge in [0.2, 0.25) is 0 Å². The molecule has 0 aliphatic carbocycles. The Morgan fingerprint density at radius 1 is 0.714 bits per heavy atom. The zero-order valence-corrected chi connectivity index (χ0v) is 16.9. The predicted octanol–water partition coefficient (Wildman–Crippen LogP) is 4.97. The second-order valence-electron chi connectivity index (χ2n) is 6.67. The Hall–Kier alpha value is -2.72. The van der Waals surface area contributed by atoms with E-state index in [1.807, 2.05) is 97.9 Å². The van der Waals surface area contributed by atoms with Crippen LogP contribution in [0.15, 0.2) is 103 Å². The summed E-state index contributed by atoms with van der Waals surface area (Å²) in [4.78, 5) is 0. The first-order chi connectivity index (χ1) is 13.7. The molecule has 1 nitrogen and oxygen atoms in total. The van der Waals surface area contributed by atoms with E-state index in [0.29, 0.717) is 6.42 Å². The van der Waals surface area contributed by atoms with E-state index < -0.39 is 14.4 Å². The first-order valence-electron chi connectivity index (χ1n) is 9.58. The van der Waals surface area contributed by atoms with Crippen LogP contribution < -0.4 is 15.6 Å². The largest absolute Gasteiger partial charge is 0.530 e. The Bertz CT molecular complexity index is 795. The lowest BCUT2D eigenvalue weighted by Crippen LogP contribution is -2.69. The minimum Gasteiger partial charge on any atom is -0.530 e. The first kappa shape index (κ1) is 20.0. The molecule has 144 valence electrons. The van der Waals surface area contributed by atoms with E-state index >= 15 is 0 Å². The molecule has 0 atom stereocenters. The Kier molecular flexibility index (Phi) is 6.77. The molecule has 0 bridgehead atoms. The smallest absolute Gasteiger partial charge is 0.346 e. The molecule has 0 unspecified atom stereocenters. The molecule has 0 heterocycles. The van der Waals surface area contributed by atoms with Crippen molar-refractivity contribution in [1.82, 2.24) is 0 Å². The number of hydrogen-bond acceptors (Lipinski definition) is 1. The molecule has 0 aliphatic rings. The minimum atomic E-state index is -3.14. The van der Waals surface area contributed by atoms with Crippen molar-refractivity contribution in [1.29, 1.82) is 0 Å². The molecule has 0 aromatic heterocycles. The normalized spacial score (nSPS) is 11.1. The van der Waals surface area contributed by atoms with Crippen LogP contribution in [0.4, 0.5) is 8.78 Å². The molecular formula is C24H24F2OSi. The van der Waals surface area contributed by atoms with Gasteiger partial charge in [0.15, 0.2) is 0 Å². The van der Waals surface area contributed by atoms with Gasteiger partial charge in [-0.2, -0.15) is 8.78 Å². The average Bonchev–Trinajstić information content (AvgIpc) is 2.76. The summed E-state index contributed by atoms with van der Waals surface area (Å²) < 4.78 is 34.2. The van der Waals surface area contributed by atoms with Crippen molar-refractivity contribution >= 4 is 23.9 Å². The van der Waals surface area contributed by atoms with Crippen molar-refractivity contribution in [3.8, 4) is 0 Å². The summed E-state index contributed by atoms with van der Waals surface area (Å²) in [6.45, 7) is 1.99. The first-order valence-corrected chi connectivity index (χ1v) is 11.5. The van der Waals surface area contributed by atoms with Crippen LogP contribution in [0.25, 0.3) is 0 Å². The van der Waals surface area contributed by atoms with Gasteiger partial charge in [0.25, 0.3) is 0 Å². The van der Waals surface area contributed by atoms with E-state index in [0.717, 1.165) is 22.0 Å². The number of hydrogen-bond donors (Lipinski definition) is 0. The second-order valence-corrected chi connectivity index (χ2v) is 9.97. The minimum absolute atomic E-state index is 0.190. The van der Waals surface area contributed by atoms with Crippen LogP contribution in [0, 0.1) is 0 Å². The van der Waals surface area contributed by atoms with Crippen LogP contribution in [-0.4, -0.2) is 8.32 Å². The van der Waals surface area contributed by atoms with Gasteiger partial charge >= 0.3 is 14.4 Å². The lowest BCUT2D eigenvalue weighted by Gasteiger charge is -2.34. The lowest BCUT2D eigenvalue weighted by atomic mass is 10.2. The van der Waals surface area contributed by atoms with Crippen LogP contribution in [0.2, 0.25) is 0 Å². The Morgan fingerprint density at radius 3 is 1.43 bits per heavy atom. The summed E-state index contributed by atoms with van der Waals surface area (Å²) in [6, 6.07) is 29.3. The predicted molar refractivity (Wildman–Crippen MR) is 114 cm³/mol. The number of allylic oxidation sites excluding steroid dienone is 1. The molecule has 0 saturated carbocycles. The zero-order chi connectivity index (χ0) is 19.8. The van der Waals surface area contributed by atoms with E-state index in [-0.39, 0.29) is 12.2 Å². The van der Waals surface area contributed by atoms with Crippen molar-refractivity contribution in [3.05, 3.63) is 103 Å². The van der Waals surface area contributed by atoms with Crippen molar-refractivity contribution < 1.29 is 13.2 Å². The molecule has 3 aromatic rings. The van der Waals surface area contributed by atoms with Gasteiger partial charge in [0.05, 0.1) is 0 Å². The summed E-state index contributed by atoms with van der Waals surface area (Å²) in [5, 5.41) is 2.84. The fraction of sp³-hybridized carbons (Fsp3) is 0.167. The van der Waals surface area contributed by atoms with Gasteiger partial charge in [-0.05, 0) is 22.0 Å². The third-order valence-corrected chi connectivity index (χ3v) is 8.78. The number of halogens is 2. The Balaban J connectivity index is 2.26. The fourth-order valence-electron chi connectivity index (χ4n) is 3.40. The van der Waals surface area contributed by atoms with E-state index in [1.165, 1.54) is 0 Å². The van der Waals surface area contributed by atoms with E-state index in [4.69, 9.17) is 4.43 Å². The Morgan fingerprint density at radius 2 is 1.11 bits per heavy atom. The van der Waals surface area contributed by atoms with Crippen molar-refractivity contribution in [2.45, 2.75) is 26.2 Å². The molecule has 3 rings (SSSR count). The maximum Gasteiger partial charge on any atom is 0.346 e. The molecule has 0 aliphatic heterocycles. The molecular weight excluding hydrogens is 370 g/mol. The molecule has 0 fully saturated rings. The van der Waals surface area contributed by atoms with E-state index in [9.17, 15) is 8.78 Å². The highest BCUT2D eigenvalue weighted by atomic mass is 28.4. The SMILES string of the molecule is CCCCC(O[Si](c1ccccc1)(c1ccccc1)c1ccccc1)=C(F)F. The van der Waals surface area contributed by atoms with E-state index in [1.54, 1.807) is 0 Å². The summed E-state index contributed by atoms with van der Waals surface area (Å²) in [6.07, 6.45) is -0.000109. The molecule has 0 N–H and O–H groups in total. The van der Waals surface area contributed by atoms with Gasteiger partial charge < -0.3 is 4.43 Å². The van der Waals surface area contributed by atoms with Gasteiger partial charge in [-0.3, -0.25) is 0 Å². The summed E-state index contributed by atoms with van der Waals surface area (Å²) >= 11 is 0. The molecule has 0 spiro atoms. The topological polar surface area (TPSA) is 9.23 Å². The quantitative estimate of drug-likeness (QED) is 0.298. The summed E-state index contributed by atoms with van der Waals surface area (Å²) in [5.74, 6) is -0.190. The van der Waals surface area contributed by atoms with Crippen LogP contribution in [0.1, 0.15) is 26.2 Å². The van der Waals surface area contributed by atoms with E-state index in [2.05, 4.69) is 0 Å². The summed E-state index contributed by atoms with van der Waals surface area (Å²) in [5.41, 5.74) is 0. The van der Waals surface area contributed by atoms with Crippen molar-refractivity contribution in [2.75, 3.05) is 0 Å². The molecule has 3 aromatic carbocycles. The van der Waals surface area contributed by atoms with Crippen LogP contribution >= 0.6 is 0 Å². The lowest BCUT2D eigenvalue weighted by molar-refractivity contribution is 0.315. The van der Waals surface area contributed by atoms with Gasteiger partial charge in [-0.1, -0.05) is 104 Å². The summed E-state index contributed by atoms with van der Waals surface area (Å²) in [7, 11) is -3.14. The van der Waals surface area contributed by atoms with Gasteiger partial charge in [-0.25, -0.2) is 0 Å².